The van der Waals surface area contributed by atoms with Crippen LogP contribution in [0.1, 0.15) is 43.5 Å². The largest absolute Gasteiger partial charge is 0.339 e. The van der Waals surface area contributed by atoms with Crippen LogP contribution >= 0.6 is 0 Å². The molecule has 5 nitrogen and oxygen atoms in total. The van der Waals surface area contributed by atoms with Crippen LogP contribution in [0.25, 0.3) is 0 Å². The molecule has 1 aromatic rings. The molecule has 2 rings (SSSR count). The quantitative estimate of drug-likeness (QED) is 0.868. The number of carbonyl (C=O) groups is 2. The van der Waals surface area contributed by atoms with Gasteiger partial charge in [0.25, 0.3) is 5.91 Å². The Morgan fingerprint density at radius 2 is 1.88 bits per heavy atom. The van der Waals surface area contributed by atoms with Crippen LogP contribution in [0, 0.1) is 5.92 Å². The molecule has 0 bridgehead atoms. The Kier molecular flexibility index (Phi) is 6.79. The number of hydrogen-bond acceptors (Lipinski definition) is 3. The minimum atomic E-state index is -0.138. The summed E-state index contributed by atoms with van der Waals surface area (Å²) in [4.78, 5) is 29.0. The van der Waals surface area contributed by atoms with Gasteiger partial charge in [0, 0.05) is 43.7 Å². The summed E-state index contributed by atoms with van der Waals surface area (Å²) in [6, 6.07) is 9.60. The first kappa shape index (κ1) is 18.5. The number of rotatable bonds is 6. The normalized spacial score (nSPS) is 16.7. The number of piperidine rings is 1. The van der Waals surface area contributed by atoms with Crippen molar-refractivity contribution in [2.24, 2.45) is 11.7 Å². The van der Waals surface area contributed by atoms with Gasteiger partial charge in [0.1, 0.15) is 0 Å². The Morgan fingerprint density at radius 1 is 1.25 bits per heavy atom. The molecule has 24 heavy (non-hydrogen) atoms. The zero-order chi connectivity index (χ0) is 17.5. The van der Waals surface area contributed by atoms with Gasteiger partial charge in [0.2, 0.25) is 5.91 Å². The maximum absolute atomic E-state index is 12.6. The molecule has 0 aliphatic carbocycles. The van der Waals surface area contributed by atoms with Crippen LogP contribution < -0.4 is 5.73 Å². The van der Waals surface area contributed by atoms with E-state index in [1.54, 1.807) is 0 Å². The molecule has 2 amide bonds. The fraction of sp³-hybridized carbons (Fsp3) is 0.579. The Bertz CT molecular complexity index is 539. The van der Waals surface area contributed by atoms with E-state index in [0.717, 1.165) is 31.4 Å². The molecular formula is C19H29N3O2. The number of hydrogen-bond donors (Lipinski definition) is 1. The number of likely N-dealkylation sites (tertiary alicyclic amines) is 1. The molecule has 0 saturated carbocycles. The lowest BCUT2D eigenvalue weighted by Gasteiger charge is -2.39. The molecule has 1 unspecified atom stereocenters. The third-order valence-electron chi connectivity index (χ3n) is 4.74. The third-order valence-corrected chi connectivity index (χ3v) is 4.74. The van der Waals surface area contributed by atoms with Gasteiger partial charge in [-0.05, 0) is 31.4 Å². The van der Waals surface area contributed by atoms with E-state index in [0.29, 0.717) is 19.6 Å². The Morgan fingerprint density at radius 3 is 2.42 bits per heavy atom. The van der Waals surface area contributed by atoms with E-state index in [2.05, 4.69) is 6.92 Å². The van der Waals surface area contributed by atoms with Crippen molar-refractivity contribution in [3.63, 3.8) is 0 Å². The lowest BCUT2D eigenvalue weighted by atomic mass is 9.99. The average Bonchev–Trinajstić information content (AvgIpc) is 2.65. The lowest BCUT2D eigenvalue weighted by molar-refractivity contribution is -0.138. The molecule has 1 aliphatic rings. The highest BCUT2D eigenvalue weighted by Gasteiger charge is 2.30. The number of nitrogens with two attached hydrogens (primary N) is 1. The first-order valence-corrected chi connectivity index (χ1v) is 8.93. The van der Waals surface area contributed by atoms with Crippen molar-refractivity contribution in [2.45, 2.75) is 39.2 Å². The molecular weight excluding hydrogens is 302 g/mol. The number of benzene rings is 1. The molecule has 0 aromatic heterocycles. The van der Waals surface area contributed by atoms with E-state index in [1.165, 1.54) is 0 Å². The predicted molar refractivity (Wildman–Crippen MR) is 95.6 cm³/mol. The first-order chi connectivity index (χ1) is 11.6. The molecule has 132 valence electrons. The van der Waals surface area contributed by atoms with Crippen molar-refractivity contribution in [3.05, 3.63) is 35.9 Å². The van der Waals surface area contributed by atoms with Gasteiger partial charge in [0.15, 0.2) is 0 Å². The number of nitrogens with zero attached hydrogens (tertiary/aromatic N) is 2. The van der Waals surface area contributed by atoms with E-state index >= 15 is 0 Å². The second kappa shape index (κ2) is 8.83. The molecule has 0 radical (unpaired) electrons. The van der Waals surface area contributed by atoms with Crippen LogP contribution in [-0.2, 0) is 4.79 Å². The Labute approximate surface area is 144 Å². The fourth-order valence-corrected chi connectivity index (χ4v) is 3.24. The maximum atomic E-state index is 12.6. The summed E-state index contributed by atoms with van der Waals surface area (Å²) in [6.07, 6.45) is 2.61. The highest BCUT2D eigenvalue weighted by atomic mass is 16.2. The van der Waals surface area contributed by atoms with Crippen LogP contribution in [0.4, 0.5) is 0 Å². The Balaban J connectivity index is 1.97. The summed E-state index contributed by atoms with van der Waals surface area (Å²) >= 11 is 0. The zero-order valence-corrected chi connectivity index (χ0v) is 14.8. The van der Waals surface area contributed by atoms with Gasteiger partial charge in [-0.1, -0.05) is 32.0 Å². The van der Waals surface area contributed by atoms with Gasteiger partial charge < -0.3 is 15.5 Å². The smallest absolute Gasteiger partial charge is 0.253 e. The van der Waals surface area contributed by atoms with Gasteiger partial charge in [-0.3, -0.25) is 9.59 Å². The van der Waals surface area contributed by atoms with E-state index in [4.69, 9.17) is 5.73 Å². The maximum Gasteiger partial charge on any atom is 0.253 e. The van der Waals surface area contributed by atoms with E-state index in [-0.39, 0.29) is 23.8 Å². The summed E-state index contributed by atoms with van der Waals surface area (Å²) in [7, 11) is 0. The molecule has 1 heterocycles. The average molecular weight is 331 g/mol. The highest BCUT2D eigenvalue weighted by Crippen LogP contribution is 2.20. The van der Waals surface area contributed by atoms with Crippen LogP contribution in [0.3, 0.4) is 0 Å². The summed E-state index contributed by atoms with van der Waals surface area (Å²) in [5, 5.41) is 0. The highest BCUT2D eigenvalue weighted by molar-refractivity contribution is 5.94. The zero-order valence-electron chi connectivity index (χ0n) is 14.8. The van der Waals surface area contributed by atoms with Gasteiger partial charge in [0.05, 0.1) is 0 Å². The molecule has 1 saturated heterocycles. The summed E-state index contributed by atoms with van der Waals surface area (Å²) in [6.45, 7) is 6.51. The van der Waals surface area contributed by atoms with E-state index in [9.17, 15) is 9.59 Å². The topological polar surface area (TPSA) is 66.6 Å². The molecule has 1 atom stereocenters. The monoisotopic (exact) mass is 331 g/mol. The first-order valence-electron chi connectivity index (χ1n) is 8.93. The lowest BCUT2D eigenvalue weighted by Crippen LogP contribution is -2.50. The van der Waals surface area contributed by atoms with Crippen molar-refractivity contribution in [3.8, 4) is 0 Å². The molecule has 5 heteroatoms. The van der Waals surface area contributed by atoms with Crippen molar-refractivity contribution in [1.82, 2.24) is 9.80 Å². The summed E-state index contributed by atoms with van der Waals surface area (Å²) in [5.41, 5.74) is 6.39. The number of carbonyl (C=O) groups excluding carboxylic acids is 2. The molecule has 1 aliphatic heterocycles. The second-order valence-electron chi connectivity index (χ2n) is 6.56. The number of amides is 2. The minimum Gasteiger partial charge on any atom is -0.339 e. The van der Waals surface area contributed by atoms with Gasteiger partial charge in [-0.2, -0.15) is 0 Å². The van der Waals surface area contributed by atoms with Gasteiger partial charge >= 0.3 is 0 Å². The fourth-order valence-electron chi connectivity index (χ4n) is 3.24. The molecule has 1 fully saturated rings. The van der Waals surface area contributed by atoms with Crippen molar-refractivity contribution in [2.75, 3.05) is 26.2 Å². The van der Waals surface area contributed by atoms with Crippen LogP contribution in [0.5, 0.6) is 0 Å². The van der Waals surface area contributed by atoms with E-state index in [1.807, 2.05) is 47.1 Å². The summed E-state index contributed by atoms with van der Waals surface area (Å²) < 4.78 is 0. The predicted octanol–water partition coefficient (Wildman–Crippen LogP) is 2.12. The van der Waals surface area contributed by atoms with Crippen LogP contribution in [0.15, 0.2) is 30.3 Å². The SMILES string of the molecule is CCCN(C(=O)C(C)CN)C1CCN(C(=O)c2ccccc2)CC1. The van der Waals surface area contributed by atoms with Crippen LogP contribution in [-0.4, -0.2) is 53.8 Å². The van der Waals surface area contributed by atoms with Gasteiger partial charge in [-0.25, -0.2) is 0 Å². The summed E-state index contributed by atoms with van der Waals surface area (Å²) in [5.74, 6) is 0.0884. The molecule has 2 N–H and O–H groups in total. The standard InChI is InChI=1S/C19H29N3O2/c1-3-11-22(18(23)15(2)14-20)17-9-12-21(13-10-17)19(24)16-7-5-4-6-8-16/h4-8,15,17H,3,9-14,20H2,1-2H3. The van der Waals surface area contributed by atoms with Gasteiger partial charge in [-0.15, -0.1) is 0 Å². The molecule has 1 aromatic carbocycles. The van der Waals surface area contributed by atoms with Crippen molar-refractivity contribution in [1.29, 1.82) is 0 Å². The van der Waals surface area contributed by atoms with Crippen molar-refractivity contribution >= 4 is 11.8 Å². The molecule has 0 spiro atoms. The third kappa shape index (κ3) is 4.35. The second-order valence-corrected chi connectivity index (χ2v) is 6.56. The van der Waals surface area contributed by atoms with Crippen molar-refractivity contribution < 1.29 is 9.59 Å². The van der Waals surface area contributed by atoms with Crippen LogP contribution in [0.2, 0.25) is 0 Å². The minimum absolute atomic E-state index is 0.0812. The van der Waals surface area contributed by atoms with E-state index < -0.39 is 0 Å². The Hall–Kier alpha value is -1.88.